The summed E-state index contributed by atoms with van der Waals surface area (Å²) in [6, 6.07) is 1.40. The number of rotatable bonds is 4. The van der Waals surface area contributed by atoms with Gasteiger partial charge in [0.2, 0.25) is 0 Å². The minimum absolute atomic E-state index is 0.386. The summed E-state index contributed by atoms with van der Waals surface area (Å²) < 4.78 is 0. The van der Waals surface area contributed by atoms with Gasteiger partial charge in [0.15, 0.2) is 0 Å². The lowest BCUT2D eigenvalue weighted by atomic mass is 9.79. The van der Waals surface area contributed by atoms with Gasteiger partial charge in [-0.25, -0.2) is 0 Å². The minimum Gasteiger partial charge on any atom is -0.311 e. The monoisotopic (exact) mass is 266 g/mol. The molecule has 19 heavy (non-hydrogen) atoms. The average molecular weight is 266 g/mol. The Bertz CT molecular complexity index is 277. The van der Waals surface area contributed by atoms with Gasteiger partial charge in [0.25, 0.3) is 0 Å². The Morgan fingerprint density at radius 1 is 1.26 bits per heavy atom. The summed E-state index contributed by atoms with van der Waals surface area (Å²) in [5.74, 6) is 1.78. The third kappa shape index (κ3) is 3.72. The highest BCUT2D eigenvalue weighted by atomic mass is 15.2. The number of nitrogens with one attached hydrogen (secondary N) is 1. The Hall–Kier alpha value is -0.0800. The van der Waals surface area contributed by atoms with Crippen LogP contribution in [0.2, 0.25) is 0 Å². The maximum absolute atomic E-state index is 3.82. The Kier molecular flexibility index (Phi) is 4.94. The molecule has 2 heteroatoms. The van der Waals surface area contributed by atoms with E-state index in [9.17, 15) is 0 Å². The number of nitrogens with zero attached hydrogens (tertiary/aromatic N) is 1. The van der Waals surface area contributed by atoms with Crippen molar-refractivity contribution in [1.82, 2.24) is 10.2 Å². The molecule has 3 unspecified atom stereocenters. The van der Waals surface area contributed by atoms with E-state index in [0.717, 1.165) is 11.8 Å². The van der Waals surface area contributed by atoms with E-state index in [1.807, 2.05) is 0 Å². The molecule has 112 valence electrons. The van der Waals surface area contributed by atoms with Gasteiger partial charge in [0.1, 0.15) is 0 Å². The maximum Gasteiger partial charge on any atom is 0.0269 e. The van der Waals surface area contributed by atoms with Gasteiger partial charge in [-0.05, 0) is 30.1 Å². The molecule has 2 fully saturated rings. The summed E-state index contributed by atoms with van der Waals surface area (Å²) in [6.45, 7) is 15.7. The molecule has 0 bridgehead atoms. The summed E-state index contributed by atoms with van der Waals surface area (Å²) in [5, 5.41) is 3.82. The van der Waals surface area contributed by atoms with Crippen LogP contribution in [-0.2, 0) is 0 Å². The van der Waals surface area contributed by atoms with Gasteiger partial charge >= 0.3 is 0 Å². The van der Waals surface area contributed by atoms with Crippen LogP contribution in [0.1, 0.15) is 60.3 Å². The molecule has 0 aromatic rings. The smallest absolute Gasteiger partial charge is 0.0269 e. The van der Waals surface area contributed by atoms with E-state index in [1.165, 1.54) is 45.3 Å². The largest absolute Gasteiger partial charge is 0.311 e. The molecule has 2 rings (SSSR count). The zero-order chi connectivity index (χ0) is 14.0. The molecule has 1 N–H and O–H groups in total. The van der Waals surface area contributed by atoms with Crippen molar-refractivity contribution < 1.29 is 0 Å². The first-order chi connectivity index (χ1) is 8.91. The van der Waals surface area contributed by atoms with Gasteiger partial charge in [0.05, 0.1) is 0 Å². The topological polar surface area (TPSA) is 15.3 Å². The standard InChI is InChI=1S/C17H34N2/c1-6-13(2)15-12-19(11-14-8-7-9-14)16(10-18-15)17(3,4)5/h13-16,18H,6-12H2,1-5H3. The van der Waals surface area contributed by atoms with E-state index in [2.05, 4.69) is 44.8 Å². The summed E-state index contributed by atoms with van der Waals surface area (Å²) >= 11 is 0. The molecule has 3 atom stereocenters. The highest BCUT2D eigenvalue weighted by Crippen LogP contribution is 2.33. The lowest BCUT2D eigenvalue weighted by Crippen LogP contribution is -2.62. The molecule has 1 saturated carbocycles. The van der Waals surface area contributed by atoms with Crippen LogP contribution in [0, 0.1) is 17.3 Å². The molecular formula is C17H34N2. The zero-order valence-corrected chi connectivity index (χ0v) is 13.7. The van der Waals surface area contributed by atoms with Crippen molar-refractivity contribution in [1.29, 1.82) is 0 Å². The molecule has 0 amide bonds. The van der Waals surface area contributed by atoms with Crippen LogP contribution in [0.5, 0.6) is 0 Å². The third-order valence-corrected chi connectivity index (χ3v) is 5.49. The number of piperazine rings is 1. The second-order valence-corrected chi connectivity index (χ2v) is 8.03. The molecule has 1 aliphatic heterocycles. The first kappa shape index (κ1) is 15.3. The molecule has 0 spiro atoms. The van der Waals surface area contributed by atoms with Crippen molar-refractivity contribution in [2.75, 3.05) is 19.6 Å². The lowest BCUT2D eigenvalue weighted by molar-refractivity contribution is 0.0220. The molecule has 1 aliphatic carbocycles. The maximum atomic E-state index is 3.82. The Morgan fingerprint density at radius 2 is 1.95 bits per heavy atom. The van der Waals surface area contributed by atoms with E-state index in [0.29, 0.717) is 17.5 Å². The predicted octanol–water partition coefficient (Wildman–Crippen LogP) is 3.52. The Morgan fingerprint density at radius 3 is 2.42 bits per heavy atom. The number of hydrogen-bond acceptors (Lipinski definition) is 2. The van der Waals surface area contributed by atoms with E-state index in [-0.39, 0.29) is 0 Å². The second-order valence-electron chi connectivity index (χ2n) is 8.03. The van der Waals surface area contributed by atoms with E-state index in [4.69, 9.17) is 0 Å². The Balaban J connectivity index is 2.00. The van der Waals surface area contributed by atoms with Crippen molar-refractivity contribution >= 4 is 0 Å². The molecule has 2 aliphatic rings. The summed E-state index contributed by atoms with van der Waals surface area (Å²) in [5.41, 5.74) is 0.386. The van der Waals surface area contributed by atoms with Crippen LogP contribution < -0.4 is 5.32 Å². The molecular weight excluding hydrogens is 232 g/mol. The Labute approximate surface area is 120 Å². The fourth-order valence-corrected chi connectivity index (χ4v) is 3.56. The SMILES string of the molecule is CCC(C)C1CN(CC2CCC2)C(C(C)(C)C)CN1. The minimum atomic E-state index is 0.386. The van der Waals surface area contributed by atoms with Crippen molar-refractivity contribution in [2.45, 2.75) is 72.4 Å². The molecule has 0 aromatic carbocycles. The van der Waals surface area contributed by atoms with Gasteiger partial charge in [-0.15, -0.1) is 0 Å². The molecule has 1 heterocycles. The third-order valence-electron chi connectivity index (χ3n) is 5.49. The van der Waals surface area contributed by atoms with Crippen LogP contribution in [0.25, 0.3) is 0 Å². The van der Waals surface area contributed by atoms with Crippen molar-refractivity contribution in [3.05, 3.63) is 0 Å². The van der Waals surface area contributed by atoms with Crippen LogP contribution >= 0.6 is 0 Å². The number of hydrogen-bond donors (Lipinski definition) is 1. The fraction of sp³-hybridized carbons (Fsp3) is 1.00. The molecule has 2 nitrogen and oxygen atoms in total. The van der Waals surface area contributed by atoms with Gasteiger partial charge in [-0.1, -0.05) is 47.5 Å². The first-order valence-corrected chi connectivity index (χ1v) is 8.39. The first-order valence-electron chi connectivity index (χ1n) is 8.39. The lowest BCUT2D eigenvalue weighted by Gasteiger charge is -2.49. The van der Waals surface area contributed by atoms with Gasteiger partial charge in [-0.2, -0.15) is 0 Å². The van der Waals surface area contributed by atoms with Crippen LogP contribution in [-0.4, -0.2) is 36.6 Å². The van der Waals surface area contributed by atoms with Crippen LogP contribution in [0.4, 0.5) is 0 Å². The van der Waals surface area contributed by atoms with E-state index in [1.54, 1.807) is 0 Å². The molecule has 1 saturated heterocycles. The molecule has 0 aromatic heterocycles. The van der Waals surface area contributed by atoms with Gasteiger partial charge in [-0.3, -0.25) is 4.90 Å². The van der Waals surface area contributed by atoms with Crippen molar-refractivity contribution in [2.24, 2.45) is 17.3 Å². The molecule has 0 radical (unpaired) electrons. The highest BCUT2D eigenvalue weighted by molar-refractivity contribution is 4.94. The highest BCUT2D eigenvalue weighted by Gasteiger charge is 2.38. The summed E-state index contributed by atoms with van der Waals surface area (Å²) in [7, 11) is 0. The normalized spacial score (nSPS) is 32.1. The van der Waals surface area contributed by atoms with Crippen molar-refractivity contribution in [3.8, 4) is 0 Å². The van der Waals surface area contributed by atoms with E-state index >= 15 is 0 Å². The average Bonchev–Trinajstić information content (AvgIpc) is 2.31. The van der Waals surface area contributed by atoms with Crippen LogP contribution in [0.3, 0.4) is 0 Å². The van der Waals surface area contributed by atoms with Gasteiger partial charge < -0.3 is 5.32 Å². The zero-order valence-electron chi connectivity index (χ0n) is 13.7. The van der Waals surface area contributed by atoms with Gasteiger partial charge in [0, 0.05) is 31.7 Å². The fourth-order valence-electron chi connectivity index (χ4n) is 3.56. The van der Waals surface area contributed by atoms with Crippen LogP contribution in [0.15, 0.2) is 0 Å². The van der Waals surface area contributed by atoms with Crippen molar-refractivity contribution in [3.63, 3.8) is 0 Å². The summed E-state index contributed by atoms with van der Waals surface area (Å²) in [6.07, 6.45) is 5.68. The quantitative estimate of drug-likeness (QED) is 0.837. The predicted molar refractivity (Wildman–Crippen MR) is 83.4 cm³/mol. The second kappa shape index (κ2) is 6.13. The summed E-state index contributed by atoms with van der Waals surface area (Å²) in [4.78, 5) is 2.82. The van der Waals surface area contributed by atoms with E-state index < -0.39 is 0 Å².